The number of rotatable bonds is 3. The summed E-state index contributed by atoms with van der Waals surface area (Å²) in [6.07, 6.45) is 6.63. The molecule has 1 N–H and O–H groups in total. The Bertz CT molecular complexity index is 687. The Morgan fingerprint density at radius 2 is 2.00 bits per heavy atom. The summed E-state index contributed by atoms with van der Waals surface area (Å²) in [5.74, 6) is -0.156. The van der Waals surface area contributed by atoms with Crippen LogP contribution in [0.4, 0.5) is 5.69 Å². The maximum atomic E-state index is 12.0. The third-order valence-corrected chi connectivity index (χ3v) is 4.17. The summed E-state index contributed by atoms with van der Waals surface area (Å²) in [4.78, 5) is 27.6. The van der Waals surface area contributed by atoms with E-state index in [0.717, 1.165) is 5.56 Å². The molecule has 0 aromatic carbocycles. The van der Waals surface area contributed by atoms with Gasteiger partial charge in [-0.15, -0.1) is 0 Å². The molecule has 0 atom stereocenters. The molecule has 2 rings (SSSR count). The molecule has 0 aliphatic rings. The van der Waals surface area contributed by atoms with Gasteiger partial charge in [0.1, 0.15) is 6.54 Å². The smallest absolute Gasteiger partial charge is 0.244 e. The van der Waals surface area contributed by atoms with Crippen LogP contribution in [0.2, 0.25) is 0 Å². The van der Waals surface area contributed by atoms with Crippen molar-refractivity contribution in [2.24, 2.45) is 0 Å². The molecular weight excluding hydrogens is 484 g/mol. The molecule has 0 aliphatic heterocycles. The molecule has 0 saturated heterocycles. The second kappa shape index (κ2) is 6.66. The van der Waals surface area contributed by atoms with E-state index in [4.69, 9.17) is 0 Å². The number of carbonyl (C=O) groups excluding carboxylic acids is 1. The molecule has 20 heavy (non-hydrogen) atoms. The van der Waals surface area contributed by atoms with Gasteiger partial charge in [-0.2, -0.15) is 0 Å². The predicted molar refractivity (Wildman–Crippen MR) is 93.7 cm³/mol. The monoisotopic (exact) mass is 495 g/mol. The van der Waals surface area contributed by atoms with Crippen LogP contribution in [0.15, 0.2) is 35.6 Å². The van der Waals surface area contributed by atoms with E-state index in [1.165, 1.54) is 0 Å². The van der Waals surface area contributed by atoms with Crippen molar-refractivity contribution in [3.8, 4) is 0 Å². The van der Waals surface area contributed by atoms with E-state index in [-0.39, 0.29) is 17.9 Å². The topological polar surface area (TPSA) is 64.0 Å². The zero-order chi connectivity index (χ0) is 14.7. The van der Waals surface area contributed by atoms with E-state index >= 15 is 0 Å². The van der Waals surface area contributed by atoms with Crippen LogP contribution in [0, 0.1) is 14.1 Å². The van der Waals surface area contributed by atoms with Gasteiger partial charge in [-0.1, -0.05) is 0 Å². The fourth-order valence-electron chi connectivity index (χ4n) is 1.60. The van der Waals surface area contributed by atoms with Crippen LogP contribution in [0.1, 0.15) is 5.56 Å². The van der Waals surface area contributed by atoms with Crippen LogP contribution < -0.4 is 10.7 Å². The minimum atomic E-state index is -0.156. The summed E-state index contributed by atoms with van der Waals surface area (Å²) in [5.41, 5.74) is 1.64. The molecule has 1 amide bonds. The van der Waals surface area contributed by atoms with Crippen LogP contribution in [0.25, 0.3) is 0 Å². The quantitative estimate of drug-likeness (QED) is 0.666. The molecule has 0 spiro atoms. The average molecular weight is 495 g/mol. The largest absolute Gasteiger partial charge is 0.343 e. The van der Waals surface area contributed by atoms with Crippen molar-refractivity contribution in [3.05, 3.63) is 53.8 Å². The minimum Gasteiger partial charge on any atom is -0.343 e. The standard InChI is InChI=1S/C13H11I2N3O2/c1-8-2-3-16-4-11(8)17-12(19)7-18-5-9(14)13(20)10(15)6-18/h2-6H,7H2,1H3,(H,17,19). The van der Waals surface area contributed by atoms with E-state index in [2.05, 4.69) is 10.3 Å². The number of anilines is 1. The van der Waals surface area contributed by atoms with Gasteiger partial charge < -0.3 is 9.88 Å². The van der Waals surface area contributed by atoms with Crippen LogP contribution >= 0.6 is 45.2 Å². The first kappa shape index (κ1) is 15.4. The van der Waals surface area contributed by atoms with Crippen molar-refractivity contribution >= 4 is 56.8 Å². The minimum absolute atomic E-state index is 0.00837. The summed E-state index contributed by atoms with van der Waals surface area (Å²) in [6, 6.07) is 1.83. The lowest BCUT2D eigenvalue weighted by atomic mass is 10.2. The molecule has 2 aromatic rings. The highest BCUT2D eigenvalue weighted by molar-refractivity contribution is 14.1. The van der Waals surface area contributed by atoms with E-state index in [1.54, 1.807) is 29.4 Å². The molecular formula is C13H11I2N3O2. The number of halogens is 2. The second-order valence-electron chi connectivity index (χ2n) is 4.19. The number of nitrogens with one attached hydrogen (secondary N) is 1. The Balaban J connectivity index is 2.13. The second-order valence-corrected chi connectivity index (χ2v) is 6.52. The molecule has 7 heteroatoms. The SMILES string of the molecule is Cc1ccncc1NC(=O)Cn1cc(I)c(=O)c(I)c1. The number of carbonyl (C=O) groups is 1. The summed E-state index contributed by atoms with van der Waals surface area (Å²) in [6.45, 7) is 2.06. The van der Waals surface area contributed by atoms with E-state index in [1.807, 2.05) is 58.2 Å². The van der Waals surface area contributed by atoms with Gasteiger partial charge in [-0.3, -0.25) is 14.6 Å². The number of aryl methyl sites for hydroxylation is 1. The number of amides is 1. The Kier molecular flexibility index (Phi) is 5.13. The van der Waals surface area contributed by atoms with Crippen molar-refractivity contribution in [1.29, 1.82) is 0 Å². The molecule has 104 valence electrons. The van der Waals surface area contributed by atoms with Crippen molar-refractivity contribution in [1.82, 2.24) is 9.55 Å². The fraction of sp³-hybridized carbons (Fsp3) is 0.154. The summed E-state index contributed by atoms with van der Waals surface area (Å²) < 4.78 is 2.89. The summed E-state index contributed by atoms with van der Waals surface area (Å²) in [7, 11) is 0. The Hall–Kier alpha value is -0.970. The number of aromatic nitrogens is 2. The van der Waals surface area contributed by atoms with Gasteiger partial charge in [0, 0.05) is 18.6 Å². The molecule has 0 radical (unpaired) electrons. The maximum Gasteiger partial charge on any atom is 0.244 e. The van der Waals surface area contributed by atoms with Crippen molar-refractivity contribution in [3.63, 3.8) is 0 Å². The highest BCUT2D eigenvalue weighted by Gasteiger charge is 2.08. The Morgan fingerprint density at radius 3 is 2.60 bits per heavy atom. The molecule has 0 saturated carbocycles. The van der Waals surface area contributed by atoms with Gasteiger partial charge in [0.2, 0.25) is 11.3 Å². The van der Waals surface area contributed by atoms with Gasteiger partial charge in [0.15, 0.2) is 0 Å². The molecule has 5 nitrogen and oxygen atoms in total. The highest BCUT2D eigenvalue weighted by Crippen LogP contribution is 2.11. The van der Waals surface area contributed by atoms with Crippen molar-refractivity contribution in [2.45, 2.75) is 13.5 Å². The molecule has 0 aliphatic carbocycles. The third-order valence-electron chi connectivity index (χ3n) is 2.63. The van der Waals surface area contributed by atoms with E-state index in [9.17, 15) is 9.59 Å². The lowest BCUT2D eigenvalue weighted by Crippen LogP contribution is -2.22. The molecule has 0 fully saturated rings. The van der Waals surface area contributed by atoms with Crippen LogP contribution in [-0.4, -0.2) is 15.5 Å². The normalized spacial score (nSPS) is 10.3. The van der Waals surface area contributed by atoms with Crippen molar-refractivity contribution in [2.75, 3.05) is 5.32 Å². The first-order chi connectivity index (χ1) is 9.47. The number of pyridine rings is 2. The predicted octanol–water partition coefficient (Wildman–Crippen LogP) is 2.40. The van der Waals surface area contributed by atoms with Gasteiger partial charge in [-0.25, -0.2) is 0 Å². The first-order valence-electron chi connectivity index (χ1n) is 5.73. The van der Waals surface area contributed by atoms with E-state index in [0.29, 0.717) is 12.8 Å². The summed E-state index contributed by atoms with van der Waals surface area (Å²) in [5, 5.41) is 2.81. The first-order valence-corrected chi connectivity index (χ1v) is 7.88. The molecule has 0 bridgehead atoms. The highest BCUT2D eigenvalue weighted by atomic mass is 127. The fourth-order valence-corrected chi connectivity index (χ4v) is 3.41. The Morgan fingerprint density at radius 1 is 1.35 bits per heavy atom. The van der Waals surface area contributed by atoms with Crippen LogP contribution in [0.3, 0.4) is 0 Å². The lowest BCUT2D eigenvalue weighted by Gasteiger charge is -2.10. The number of hydrogen-bond acceptors (Lipinski definition) is 3. The zero-order valence-electron chi connectivity index (χ0n) is 10.6. The van der Waals surface area contributed by atoms with Crippen LogP contribution in [-0.2, 0) is 11.3 Å². The van der Waals surface area contributed by atoms with Crippen LogP contribution in [0.5, 0.6) is 0 Å². The van der Waals surface area contributed by atoms with Gasteiger partial charge in [0.25, 0.3) is 0 Å². The summed E-state index contributed by atoms with van der Waals surface area (Å²) >= 11 is 3.94. The number of nitrogens with zero attached hydrogens (tertiary/aromatic N) is 2. The van der Waals surface area contributed by atoms with Gasteiger partial charge >= 0.3 is 0 Å². The molecule has 0 unspecified atom stereocenters. The van der Waals surface area contributed by atoms with E-state index < -0.39 is 0 Å². The zero-order valence-corrected chi connectivity index (χ0v) is 14.9. The molecule has 2 aromatic heterocycles. The molecule has 2 heterocycles. The van der Waals surface area contributed by atoms with Gasteiger partial charge in [0.05, 0.1) is 19.0 Å². The number of hydrogen-bond donors (Lipinski definition) is 1. The Labute approximate surface area is 143 Å². The average Bonchev–Trinajstić information content (AvgIpc) is 2.38. The third kappa shape index (κ3) is 3.78. The lowest BCUT2D eigenvalue weighted by molar-refractivity contribution is -0.116. The van der Waals surface area contributed by atoms with Gasteiger partial charge in [-0.05, 0) is 63.7 Å². The van der Waals surface area contributed by atoms with Crippen molar-refractivity contribution < 1.29 is 4.79 Å². The maximum absolute atomic E-state index is 12.0.